The van der Waals surface area contributed by atoms with Gasteiger partial charge in [-0.25, -0.2) is 0 Å². The number of hydrogen-bond donors (Lipinski definition) is 2. The maximum atomic E-state index is 11.5. The predicted octanol–water partition coefficient (Wildman–Crippen LogP) is 0.920. The maximum absolute atomic E-state index is 11.5. The summed E-state index contributed by atoms with van der Waals surface area (Å²) in [5.74, 6) is -1.62. The number of aryl methyl sites for hydroxylation is 1. The topological polar surface area (TPSA) is 79.2 Å². The van der Waals surface area contributed by atoms with Crippen LogP contribution in [0.25, 0.3) is 10.9 Å². The molecule has 0 aliphatic carbocycles. The molecule has 0 fully saturated rings. The molecular weight excluding hydrogens is 230 g/mol. The van der Waals surface area contributed by atoms with Crippen LogP contribution in [-0.2, 0) is 16.1 Å². The highest BCUT2D eigenvalue weighted by Gasteiger charge is 2.17. The number of rotatable bonds is 2. The highest BCUT2D eigenvalue weighted by molar-refractivity contribution is 6.34. The molecule has 0 saturated carbocycles. The zero-order valence-corrected chi connectivity index (χ0v) is 10.4. The van der Waals surface area contributed by atoms with E-state index >= 15 is 0 Å². The molecule has 2 rings (SSSR count). The Morgan fingerprint density at radius 1 is 1.33 bits per heavy atom. The molecule has 1 aromatic heterocycles. The van der Waals surface area contributed by atoms with E-state index in [-0.39, 0.29) is 0 Å². The van der Waals surface area contributed by atoms with E-state index in [1.165, 1.54) is 4.90 Å². The average Bonchev–Trinajstić information content (AvgIpc) is 2.65. The summed E-state index contributed by atoms with van der Waals surface area (Å²) in [6, 6.07) is 7.84. The highest BCUT2D eigenvalue weighted by Crippen LogP contribution is 2.22. The van der Waals surface area contributed by atoms with E-state index in [4.69, 9.17) is 5.73 Å². The second kappa shape index (κ2) is 4.52. The highest BCUT2D eigenvalue weighted by atomic mass is 16.2. The van der Waals surface area contributed by atoms with E-state index < -0.39 is 11.8 Å². The largest absolute Gasteiger partial charge is 0.361 e. The third-order valence-electron chi connectivity index (χ3n) is 2.98. The number of nitrogens with zero attached hydrogens (tertiary/aromatic N) is 1. The minimum absolute atomic E-state index is 0.359. The number of primary amides is 1. The maximum Gasteiger partial charge on any atom is 0.311 e. The van der Waals surface area contributed by atoms with Gasteiger partial charge < -0.3 is 15.6 Å². The number of para-hydroxylation sites is 1. The van der Waals surface area contributed by atoms with Crippen molar-refractivity contribution in [1.82, 2.24) is 9.88 Å². The lowest BCUT2D eigenvalue weighted by Gasteiger charge is -2.15. The zero-order chi connectivity index (χ0) is 13.3. The number of benzene rings is 1. The number of nitrogens with one attached hydrogen (secondary N) is 1. The third kappa shape index (κ3) is 2.07. The van der Waals surface area contributed by atoms with Crippen LogP contribution in [0.4, 0.5) is 0 Å². The number of carbonyl (C=O) groups excluding carboxylic acids is 2. The minimum Gasteiger partial charge on any atom is -0.361 e. The Hall–Kier alpha value is -2.30. The summed E-state index contributed by atoms with van der Waals surface area (Å²) in [4.78, 5) is 26.9. The average molecular weight is 245 g/mol. The Labute approximate surface area is 105 Å². The number of amides is 2. The quantitative estimate of drug-likeness (QED) is 0.771. The molecule has 1 aromatic carbocycles. The monoisotopic (exact) mass is 245 g/mol. The Morgan fingerprint density at radius 2 is 2.00 bits per heavy atom. The van der Waals surface area contributed by atoms with Gasteiger partial charge >= 0.3 is 11.8 Å². The number of fused-ring (bicyclic) bond motifs is 1. The molecule has 94 valence electrons. The van der Waals surface area contributed by atoms with Gasteiger partial charge in [-0.3, -0.25) is 9.59 Å². The first-order chi connectivity index (χ1) is 8.50. The van der Waals surface area contributed by atoms with E-state index in [0.29, 0.717) is 6.54 Å². The number of hydrogen-bond acceptors (Lipinski definition) is 2. The molecule has 3 N–H and O–H groups in total. The lowest BCUT2D eigenvalue weighted by atomic mass is 10.1. The van der Waals surface area contributed by atoms with Gasteiger partial charge in [-0.1, -0.05) is 18.2 Å². The predicted molar refractivity (Wildman–Crippen MR) is 68.7 cm³/mol. The van der Waals surface area contributed by atoms with Gasteiger partial charge in [0.05, 0.1) is 0 Å². The number of H-pyrrole nitrogens is 1. The Balaban J connectivity index is 2.34. The lowest BCUT2D eigenvalue weighted by Crippen LogP contribution is -2.37. The van der Waals surface area contributed by atoms with Crippen LogP contribution in [0.15, 0.2) is 24.3 Å². The molecule has 0 aliphatic heterocycles. The normalized spacial score (nSPS) is 10.6. The first-order valence-electron chi connectivity index (χ1n) is 5.61. The van der Waals surface area contributed by atoms with Crippen molar-refractivity contribution in [2.45, 2.75) is 13.5 Å². The number of nitrogens with two attached hydrogens (primary N) is 1. The second-order valence-electron chi connectivity index (χ2n) is 4.30. The molecule has 0 unspecified atom stereocenters. The second-order valence-corrected chi connectivity index (χ2v) is 4.30. The van der Waals surface area contributed by atoms with Gasteiger partial charge in [0.25, 0.3) is 0 Å². The molecule has 0 bridgehead atoms. The van der Waals surface area contributed by atoms with E-state index in [9.17, 15) is 9.59 Å². The fourth-order valence-corrected chi connectivity index (χ4v) is 2.04. The van der Waals surface area contributed by atoms with Crippen LogP contribution in [0, 0.1) is 6.92 Å². The van der Waals surface area contributed by atoms with Gasteiger partial charge in [0.15, 0.2) is 0 Å². The molecule has 0 spiro atoms. The fourth-order valence-electron chi connectivity index (χ4n) is 2.04. The standard InChI is InChI=1S/C13H15N3O2/c1-8-10(7-16(2)13(18)12(14)17)9-5-3-4-6-11(9)15-8/h3-6,15H,7H2,1-2H3,(H2,14,17). The summed E-state index contributed by atoms with van der Waals surface area (Å²) >= 11 is 0. The van der Waals surface area contributed by atoms with Crippen molar-refractivity contribution < 1.29 is 9.59 Å². The third-order valence-corrected chi connectivity index (χ3v) is 2.98. The van der Waals surface area contributed by atoms with E-state index in [2.05, 4.69) is 4.98 Å². The van der Waals surface area contributed by atoms with Crippen molar-refractivity contribution in [3.05, 3.63) is 35.5 Å². The van der Waals surface area contributed by atoms with Crippen LogP contribution in [0.2, 0.25) is 0 Å². The molecule has 1 heterocycles. The smallest absolute Gasteiger partial charge is 0.311 e. The molecule has 0 atom stereocenters. The Bertz CT molecular complexity index is 616. The molecule has 2 amide bonds. The van der Waals surface area contributed by atoms with Crippen molar-refractivity contribution in [3.8, 4) is 0 Å². The van der Waals surface area contributed by atoms with E-state index in [0.717, 1.165) is 22.2 Å². The van der Waals surface area contributed by atoms with Gasteiger partial charge in [-0.05, 0) is 18.6 Å². The fraction of sp³-hybridized carbons (Fsp3) is 0.231. The van der Waals surface area contributed by atoms with Crippen LogP contribution < -0.4 is 5.73 Å². The Morgan fingerprint density at radius 3 is 2.67 bits per heavy atom. The zero-order valence-electron chi connectivity index (χ0n) is 10.4. The van der Waals surface area contributed by atoms with Gasteiger partial charge in [-0.15, -0.1) is 0 Å². The number of carbonyl (C=O) groups is 2. The first-order valence-corrected chi connectivity index (χ1v) is 5.61. The van der Waals surface area contributed by atoms with Crippen molar-refractivity contribution in [1.29, 1.82) is 0 Å². The summed E-state index contributed by atoms with van der Waals surface area (Å²) in [6.07, 6.45) is 0. The molecule has 5 nitrogen and oxygen atoms in total. The molecule has 0 saturated heterocycles. The number of likely N-dealkylation sites (N-methyl/N-ethyl adjacent to an activating group) is 1. The number of aromatic amines is 1. The molecular formula is C13H15N3O2. The first kappa shape index (κ1) is 12.2. The summed E-state index contributed by atoms with van der Waals surface area (Å²) in [7, 11) is 1.56. The lowest BCUT2D eigenvalue weighted by molar-refractivity contribution is -0.143. The summed E-state index contributed by atoms with van der Waals surface area (Å²) in [5.41, 5.74) is 7.99. The van der Waals surface area contributed by atoms with Crippen molar-refractivity contribution >= 4 is 22.7 Å². The summed E-state index contributed by atoms with van der Waals surface area (Å²) in [6.45, 7) is 2.30. The van der Waals surface area contributed by atoms with E-state index in [1.54, 1.807) is 7.05 Å². The molecule has 18 heavy (non-hydrogen) atoms. The molecule has 0 radical (unpaired) electrons. The van der Waals surface area contributed by atoms with Crippen LogP contribution in [-0.4, -0.2) is 28.7 Å². The summed E-state index contributed by atoms with van der Waals surface area (Å²) < 4.78 is 0. The van der Waals surface area contributed by atoms with E-state index in [1.807, 2.05) is 31.2 Å². The van der Waals surface area contributed by atoms with Gasteiger partial charge in [0.2, 0.25) is 0 Å². The number of aromatic nitrogens is 1. The van der Waals surface area contributed by atoms with Crippen molar-refractivity contribution in [3.63, 3.8) is 0 Å². The van der Waals surface area contributed by atoms with Crippen LogP contribution in [0.3, 0.4) is 0 Å². The SMILES string of the molecule is Cc1[nH]c2ccccc2c1CN(C)C(=O)C(N)=O. The van der Waals surface area contributed by atoms with Crippen LogP contribution in [0.1, 0.15) is 11.3 Å². The van der Waals surface area contributed by atoms with Crippen molar-refractivity contribution in [2.75, 3.05) is 7.05 Å². The van der Waals surface area contributed by atoms with Gasteiger partial charge in [0.1, 0.15) is 0 Å². The van der Waals surface area contributed by atoms with Crippen LogP contribution >= 0.6 is 0 Å². The summed E-state index contributed by atoms with van der Waals surface area (Å²) in [5, 5.41) is 1.05. The van der Waals surface area contributed by atoms with Crippen LogP contribution in [0.5, 0.6) is 0 Å². The molecule has 0 aliphatic rings. The Kier molecular flexibility index (Phi) is 3.06. The van der Waals surface area contributed by atoms with Gasteiger partial charge in [-0.2, -0.15) is 0 Å². The minimum atomic E-state index is -0.935. The van der Waals surface area contributed by atoms with Gasteiger partial charge in [0, 0.05) is 30.2 Å². The molecule has 5 heteroatoms. The molecule has 2 aromatic rings. The van der Waals surface area contributed by atoms with Crippen molar-refractivity contribution in [2.24, 2.45) is 5.73 Å².